The first-order valence-electron chi connectivity index (χ1n) is 19.3. The quantitative estimate of drug-likeness (QED) is 0.161. The topological polar surface area (TPSA) is 0 Å². The molecule has 0 heterocycles. The van der Waals surface area contributed by atoms with Gasteiger partial charge in [0, 0.05) is 5.41 Å². The largest absolute Gasteiger partial charge is 0.0616 e. The van der Waals surface area contributed by atoms with Gasteiger partial charge in [-0.15, -0.1) is 0 Å². The maximum Gasteiger partial charge on any atom is 0.0165 e. The van der Waals surface area contributed by atoms with Crippen molar-refractivity contribution in [3.63, 3.8) is 0 Å². The van der Waals surface area contributed by atoms with E-state index in [0.29, 0.717) is 0 Å². The Morgan fingerprint density at radius 1 is 0.291 bits per heavy atom. The van der Waals surface area contributed by atoms with Crippen molar-refractivity contribution in [2.45, 2.75) is 19.3 Å². The Labute approximate surface area is 322 Å². The molecule has 1 aliphatic carbocycles. The molecule has 0 fully saturated rings. The fraction of sp³-hybridized carbons (Fsp3) is 0.0545. The average Bonchev–Trinajstić information content (AvgIpc) is 3.46. The van der Waals surface area contributed by atoms with Gasteiger partial charge in [-0.1, -0.05) is 190 Å². The lowest BCUT2D eigenvalue weighted by Gasteiger charge is -2.25. The van der Waals surface area contributed by atoms with E-state index < -0.39 is 0 Å². The molecular formula is C55H38. The Morgan fingerprint density at radius 3 is 1.45 bits per heavy atom. The summed E-state index contributed by atoms with van der Waals surface area (Å²) in [6, 6.07) is 72.1. The van der Waals surface area contributed by atoms with Crippen molar-refractivity contribution in [1.82, 2.24) is 0 Å². The monoisotopic (exact) mass is 698 g/mol. The summed E-state index contributed by atoms with van der Waals surface area (Å²) in [6.07, 6.45) is 0. The van der Waals surface area contributed by atoms with Crippen LogP contribution in [0.15, 0.2) is 194 Å². The summed E-state index contributed by atoms with van der Waals surface area (Å²) >= 11 is 0. The second-order valence-electron chi connectivity index (χ2n) is 15.6. The third-order valence-electron chi connectivity index (χ3n) is 12.2. The summed E-state index contributed by atoms with van der Waals surface area (Å²) < 4.78 is 0. The van der Waals surface area contributed by atoms with E-state index >= 15 is 0 Å². The maximum atomic E-state index is 2.41. The molecule has 0 spiro atoms. The summed E-state index contributed by atoms with van der Waals surface area (Å²) in [7, 11) is 0. The average molecular weight is 699 g/mol. The summed E-state index contributed by atoms with van der Waals surface area (Å²) in [5.41, 5.74) is 15.5. The van der Waals surface area contributed by atoms with E-state index in [1.54, 1.807) is 0 Å². The molecule has 10 aromatic rings. The summed E-state index contributed by atoms with van der Waals surface area (Å²) in [4.78, 5) is 0. The van der Waals surface area contributed by atoms with Gasteiger partial charge in [-0.05, 0) is 128 Å². The highest BCUT2D eigenvalue weighted by molar-refractivity contribution is 6.21. The molecule has 0 nitrogen and oxygen atoms in total. The molecule has 10 aromatic carbocycles. The minimum absolute atomic E-state index is 0.114. The standard InChI is InChI=1S/C55H38/c1-55(2)51-34-39-16-4-3-15-38(39)33-50(51)49-27-13-26-44(54(49)55)36-28-30-37(31-29-36)52-45-21-7-9-23-47(45)53(48-24-10-8-22-46(48)52)41-19-11-18-40(32-41)43-25-12-17-35-14-5-6-20-42(35)43/h3-34H,1-2H3. The van der Waals surface area contributed by atoms with Gasteiger partial charge in [0.25, 0.3) is 0 Å². The first-order chi connectivity index (χ1) is 27.0. The predicted molar refractivity (Wildman–Crippen MR) is 236 cm³/mol. The fourth-order valence-electron chi connectivity index (χ4n) is 9.69. The molecule has 0 heteroatoms. The lowest BCUT2D eigenvalue weighted by atomic mass is 9.78. The van der Waals surface area contributed by atoms with E-state index in [9.17, 15) is 0 Å². The second kappa shape index (κ2) is 12.1. The van der Waals surface area contributed by atoms with E-state index in [2.05, 4.69) is 208 Å². The van der Waals surface area contributed by atoms with Crippen molar-refractivity contribution in [3.05, 3.63) is 205 Å². The van der Waals surface area contributed by atoms with Crippen LogP contribution in [-0.4, -0.2) is 0 Å². The summed E-state index contributed by atoms with van der Waals surface area (Å²) in [5, 5.41) is 10.2. The van der Waals surface area contributed by atoms with E-state index in [0.717, 1.165) is 0 Å². The zero-order valence-electron chi connectivity index (χ0n) is 31.0. The van der Waals surface area contributed by atoms with Gasteiger partial charge in [0.05, 0.1) is 0 Å². The maximum absolute atomic E-state index is 2.41. The van der Waals surface area contributed by atoms with Crippen LogP contribution >= 0.6 is 0 Å². The summed E-state index contributed by atoms with van der Waals surface area (Å²) in [6.45, 7) is 4.78. The van der Waals surface area contributed by atoms with Crippen LogP contribution in [0.2, 0.25) is 0 Å². The molecule has 0 bridgehead atoms. The van der Waals surface area contributed by atoms with Gasteiger partial charge in [-0.3, -0.25) is 0 Å². The van der Waals surface area contributed by atoms with Crippen LogP contribution in [0.4, 0.5) is 0 Å². The van der Waals surface area contributed by atoms with Gasteiger partial charge in [-0.25, -0.2) is 0 Å². The fourth-order valence-corrected chi connectivity index (χ4v) is 9.69. The molecule has 0 amide bonds. The molecular weight excluding hydrogens is 661 g/mol. The number of fused-ring (bicyclic) bond motifs is 7. The number of hydrogen-bond donors (Lipinski definition) is 0. The number of rotatable bonds is 4. The van der Waals surface area contributed by atoms with Crippen molar-refractivity contribution >= 4 is 43.1 Å². The molecule has 0 aromatic heterocycles. The van der Waals surface area contributed by atoms with Crippen molar-refractivity contribution in [1.29, 1.82) is 0 Å². The minimum Gasteiger partial charge on any atom is -0.0616 e. The van der Waals surface area contributed by atoms with Crippen LogP contribution in [0.3, 0.4) is 0 Å². The highest BCUT2D eigenvalue weighted by Crippen LogP contribution is 2.53. The Morgan fingerprint density at radius 2 is 0.764 bits per heavy atom. The summed E-state index contributed by atoms with van der Waals surface area (Å²) in [5.74, 6) is 0. The Balaban J connectivity index is 1.05. The van der Waals surface area contributed by atoms with Gasteiger partial charge in [0.2, 0.25) is 0 Å². The van der Waals surface area contributed by atoms with Crippen LogP contribution in [0.1, 0.15) is 25.0 Å². The van der Waals surface area contributed by atoms with Crippen LogP contribution in [0.25, 0.3) is 98.7 Å². The Hall–Kier alpha value is -6.76. The SMILES string of the molecule is CC1(C)c2cc3ccccc3cc2-c2cccc(-c3ccc(-c4c5ccccc5c(-c5cccc(-c6cccc7ccccc67)c5)c5ccccc45)cc3)c21. The normalized spacial score (nSPS) is 13.1. The lowest BCUT2D eigenvalue weighted by Crippen LogP contribution is -2.16. The molecule has 0 radical (unpaired) electrons. The van der Waals surface area contributed by atoms with E-state index in [4.69, 9.17) is 0 Å². The van der Waals surface area contributed by atoms with Crippen molar-refractivity contribution in [3.8, 4) is 55.6 Å². The molecule has 0 aliphatic heterocycles. The van der Waals surface area contributed by atoms with Gasteiger partial charge < -0.3 is 0 Å². The lowest BCUT2D eigenvalue weighted by molar-refractivity contribution is 0.663. The molecule has 11 rings (SSSR count). The van der Waals surface area contributed by atoms with Gasteiger partial charge >= 0.3 is 0 Å². The molecule has 0 unspecified atom stereocenters. The molecule has 258 valence electrons. The van der Waals surface area contributed by atoms with E-state index in [1.807, 2.05) is 0 Å². The van der Waals surface area contributed by atoms with Gasteiger partial charge in [-0.2, -0.15) is 0 Å². The Kier molecular flexibility index (Phi) is 7.00. The smallest absolute Gasteiger partial charge is 0.0165 e. The molecule has 0 saturated heterocycles. The molecule has 0 saturated carbocycles. The zero-order valence-corrected chi connectivity index (χ0v) is 31.0. The van der Waals surface area contributed by atoms with Gasteiger partial charge in [0.15, 0.2) is 0 Å². The Bertz CT molecular complexity index is 3100. The molecule has 0 N–H and O–H groups in total. The third kappa shape index (κ3) is 4.85. The van der Waals surface area contributed by atoms with Crippen LogP contribution in [-0.2, 0) is 5.41 Å². The van der Waals surface area contributed by atoms with Crippen LogP contribution in [0.5, 0.6) is 0 Å². The van der Waals surface area contributed by atoms with E-state index in [1.165, 1.54) is 110 Å². The van der Waals surface area contributed by atoms with Crippen LogP contribution < -0.4 is 0 Å². The predicted octanol–water partition coefficient (Wildman–Crippen LogP) is 15.3. The molecule has 55 heavy (non-hydrogen) atoms. The third-order valence-corrected chi connectivity index (χ3v) is 12.2. The molecule has 0 atom stereocenters. The second-order valence-corrected chi connectivity index (χ2v) is 15.6. The number of benzene rings is 10. The first kappa shape index (κ1) is 31.7. The highest BCUT2D eigenvalue weighted by atomic mass is 14.4. The van der Waals surface area contributed by atoms with Gasteiger partial charge in [0.1, 0.15) is 0 Å². The van der Waals surface area contributed by atoms with E-state index in [-0.39, 0.29) is 5.41 Å². The van der Waals surface area contributed by atoms with Crippen molar-refractivity contribution in [2.24, 2.45) is 0 Å². The zero-order chi connectivity index (χ0) is 36.7. The molecule has 1 aliphatic rings. The highest BCUT2D eigenvalue weighted by Gasteiger charge is 2.37. The number of hydrogen-bond acceptors (Lipinski definition) is 0. The van der Waals surface area contributed by atoms with Crippen molar-refractivity contribution in [2.75, 3.05) is 0 Å². The first-order valence-corrected chi connectivity index (χ1v) is 19.3. The van der Waals surface area contributed by atoms with Crippen molar-refractivity contribution < 1.29 is 0 Å². The minimum atomic E-state index is -0.114. The van der Waals surface area contributed by atoms with Crippen LogP contribution in [0, 0.1) is 0 Å².